The first kappa shape index (κ1) is 14.1. The highest BCUT2D eigenvalue weighted by molar-refractivity contribution is 7.87. The van der Waals surface area contributed by atoms with Crippen LogP contribution >= 0.6 is 0 Å². The number of nitrogens with two attached hydrogens (primary N) is 1. The highest BCUT2D eigenvalue weighted by atomic mass is 32.2. The minimum absolute atomic E-state index is 0.266. The number of nitrogens with one attached hydrogen (secondary N) is 1. The molecule has 96 valence electrons. The standard InChI is InChI=1S/C11H19N3O2S/c1-10(8-12)13-17(15,16)14(2)9-11-6-4-3-5-7-11/h3-7,10,13H,8-9,12H2,1-2H3. The lowest BCUT2D eigenvalue weighted by Crippen LogP contribution is -2.44. The van der Waals surface area contributed by atoms with Crippen molar-refractivity contribution in [1.29, 1.82) is 0 Å². The van der Waals surface area contributed by atoms with Gasteiger partial charge in [-0.1, -0.05) is 30.3 Å². The molecule has 0 fully saturated rings. The van der Waals surface area contributed by atoms with Crippen LogP contribution in [-0.2, 0) is 16.8 Å². The summed E-state index contributed by atoms with van der Waals surface area (Å²) in [5, 5.41) is 0. The van der Waals surface area contributed by atoms with Crippen molar-refractivity contribution in [3.63, 3.8) is 0 Å². The minimum Gasteiger partial charge on any atom is -0.329 e. The molecule has 0 saturated carbocycles. The van der Waals surface area contributed by atoms with Crippen LogP contribution in [0.5, 0.6) is 0 Å². The molecule has 0 aromatic heterocycles. The van der Waals surface area contributed by atoms with Gasteiger partial charge >= 0.3 is 0 Å². The largest absolute Gasteiger partial charge is 0.329 e. The third-order valence-electron chi connectivity index (χ3n) is 2.36. The van der Waals surface area contributed by atoms with Crippen molar-refractivity contribution < 1.29 is 8.42 Å². The van der Waals surface area contributed by atoms with E-state index in [-0.39, 0.29) is 12.6 Å². The highest BCUT2D eigenvalue weighted by Crippen LogP contribution is 2.05. The fourth-order valence-electron chi connectivity index (χ4n) is 1.32. The first-order valence-corrected chi connectivity index (χ1v) is 6.87. The molecule has 1 atom stereocenters. The van der Waals surface area contributed by atoms with Gasteiger partial charge in [-0.3, -0.25) is 0 Å². The van der Waals surface area contributed by atoms with Crippen LogP contribution in [0, 0.1) is 0 Å². The molecule has 6 heteroatoms. The molecule has 0 aliphatic carbocycles. The first-order valence-electron chi connectivity index (χ1n) is 5.43. The average Bonchev–Trinajstić information content (AvgIpc) is 2.29. The Morgan fingerprint density at radius 2 is 1.94 bits per heavy atom. The molecule has 5 nitrogen and oxygen atoms in total. The van der Waals surface area contributed by atoms with Gasteiger partial charge in [0.1, 0.15) is 0 Å². The number of hydrogen-bond donors (Lipinski definition) is 2. The fraction of sp³-hybridized carbons (Fsp3) is 0.455. The SMILES string of the molecule is CC(CN)NS(=O)(=O)N(C)Cc1ccccc1. The van der Waals surface area contributed by atoms with Gasteiger partial charge in [0.25, 0.3) is 10.2 Å². The van der Waals surface area contributed by atoms with Crippen LogP contribution in [-0.4, -0.2) is 32.4 Å². The van der Waals surface area contributed by atoms with E-state index in [4.69, 9.17) is 5.73 Å². The van der Waals surface area contributed by atoms with Gasteiger partial charge < -0.3 is 5.73 Å². The highest BCUT2D eigenvalue weighted by Gasteiger charge is 2.19. The van der Waals surface area contributed by atoms with E-state index in [1.165, 1.54) is 4.31 Å². The number of nitrogens with zero attached hydrogens (tertiary/aromatic N) is 1. The maximum atomic E-state index is 11.9. The zero-order valence-electron chi connectivity index (χ0n) is 10.1. The Hall–Kier alpha value is -0.950. The van der Waals surface area contributed by atoms with Crippen molar-refractivity contribution in [1.82, 2.24) is 9.03 Å². The van der Waals surface area contributed by atoms with E-state index in [1.807, 2.05) is 30.3 Å². The maximum absolute atomic E-state index is 11.9. The molecule has 1 rings (SSSR count). The summed E-state index contributed by atoms with van der Waals surface area (Å²) in [6, 6.07) is 9.17. The molecule has 0 radical (unpaired) electrons. The van der Waals surface area contributed by atoms with Gasteiger partial charge in [-0.05, 0) is 12.5 Å². The summed E-state index contributed by atoms with van der Waals surface area (Å²) >= 11 is 0. The molecule has 1 aromatic carbocycles. The van der Waals surface area contributed by atoms with E-state index in [1.54, 1.807) is 14.0 Å². The summed E-state index contributed by atoms with van der Waals surface area (Å²) in [6.07, 6.45) is 0. The van der Waals surface area contributed by atoms with Crippen LogP contribution in [0.25, 0.3) is 0 Å². The summed E-state index contributed by atoms with van der Waals surface area (Å²) < 4.78 is 27.5. The van der Waals surface area contributed by atoms with E-state index < -0.39 is 10.2 Å². The van der Waals surface area contributed by atoms with Crippen molar-refractivity contribution in [2.24, 2.45) is 5.73 Å². The van der Waals surface area contributed by atoms with Gasteiger partial charge in [0, 0.05) is 26.2 Å². The molecule has 0 amide bonds. The molecule has 17 heavy (non-hydrogen) atoms. The lowest BCUT2D eigenvalue weighted by molar-refractivity contribution is 0.447. The Morgan fingerprint density at radius 3 is 2.47 bits per heavy atom. The second-order valence-electron chi connectivity index (χ2n) is 4.00. The van der Waals surface area contributed by atoms with E-state index in [9.17, 15) is 8.42 Å². The van der Waals surface area contributed by atoms with Gasteiger partial charge in [0.05, 0.1) is 0 Å². The Morgan fingerprint density at radius 1 is 1.35 bits per heavy atom. The van der Waals surface area contributed by atoms with Gasteiger partial charge in [-0.2, -0.15) is 17.4 Å². The predicted octanol–water partition coefficient (Wildman–Crippen LogP) is 0.300. The molecule has 0 saturated heterocycles. The second-order valence-corrected chi connectivity index (χ2v) is 5.81. The van der Waals surface area contributed by atoms with Crippen LogP contribution in [0.3, 0.4) is 0 Å². The summed E-state index contributed by atoms with van der Waals surface area (Å²) in [6.45, 7) is 2.35. The first-order chi connectivity index (χ1) is 7.95. The molecule has 1 unspecified atom stereocenters. The van der Waals surface area contributed by atoms with Crippen molar-refractivity contribution in [2.75, 3.05) is 13.6 Å². The fourth-order valence-corrected chi connectivity index (χ4v) is 2.42. The van der Waals surface area contributed by atoms with Gasteiger partial charge in [-0.15, -0.1) is 0 Å². The summed E-state index contributed by atoms with van der Waals surface area (Å²) in [4.78, 5) is 0. The van der Waals surface area contributed by atoms with Crippen molar-refractivity contribution >= 4 is 10.2 Å². The summed E-state index contributed by atoms with van der Waals surface area (Å²) in [7, 11) is -1.93. The molecule has 0 spiro atoms. The van der Waals surface area contributed by atoms with Crippen molar-refractivity contribution in [3.05, 3.63) is 35.9 Å². The normalized spacial score (nSPS) is 13.9. The Bertz CT molecular complexity index is 433. The van der Waals surface area contributed by atoms with Gasteiger partial charge in [0.2, 0.25) is 0 Å². The molecular weight excluding hydrogens is 238 g/mol. The monoisotopic (exact) mass is 257 g/mol. The molecule has 3 N–H and O–H groups in total. The molecule has 0 heterocycles. The minimum atomic E-state index is -3.47. The number of rotatable bonds is 6. The zero-order chi connectivity index (χ0) is 12.9. The predicted molar refractivity (Wildman–Crippen MR) is 68.5 cm³/mol. The van der Waals surface area contributed by atoms with Gasteiger partial charge in [-0.25, -0.2) is 0 Å². The Kier molecular flexibility index (Phi) is 5.07. The Balaban J connectivity index is 2.67. The lowest BCUT2D eigenvalue weighted by atomic mass is 10.2. The topological polar surface area (TPSA) is 75.4 Å². The molecular formula is C11H19N3O2S. The molecule has 0 bridgehead atoms. The van der Waals surface area contributed by atoms with Crippen LogP contribution in [0.4, 0.5) is 0 Å². The number of benzene rings is 1. The van der Waals surface area contributed by atoms with Crippen LogP contribution in [0.15, 0.2) is 30.3 Å². The second kappa shape index (κ2) is 6.11. The van der Waals surface area contributed by atoms with Crippen LogP contribution in [0.1, 0.15) is 12.5 Å². The van der Waals surface area contributed by atoms with E-state index in [0.717, 1.165) is 5.56 Å². The van der Waals surface area contributed by atoms with E-state index in [0.29, 0.717) is 6.54 Å². The third-order valence-corrected chi connectivity index (χ3v) is 4.01. The number of hydrogen-bond acceptors (Lipinski definition) is 3. The quantitative estimate of drug-likeness (QED) is 0.769. The lowest BCUT2D eigenvalue weighted by Gasteiger charge is -2.20. The van der Waals surface area contributed by atoms with Crippen LogP contribution in [0.2, 0.25) is 0 Å². The van der Waals surface area contributed by atoms with E-state index in [2.05, 4.69) is 4.72 Å². The molecule has 0 aliphatic heterocycles. The van der Waals surface area contributed by atoms with Gasteiger partial charge in [0.15, 0.2) is 0 Å². The van der Waals surface area contributed by atoms with E-state index >= 15 is 0 Å². The molecule has 1 aromatic rings. The summed E-state index contributed by atoms with van der Waals surface area (Å²) in [5.41, 5.74) is 6.33. The van der Waals surface area contributed by atoms with Crippen molar-refractivity contribution in [3.8, 4) is 0 Å². The molecule has 0 aliphatic rings. The smallest absolute Gasteiger partial charge is 0.279 e. The van der Waals surface area contributed by atoms with Crippen molar-refractivity contribution in [2.45, 2.75) is 19.5 Å². The summed E-state index contributed by atoms with van der Waals surface area (Å²) in [5.74, 6) is 0. The van der Waals surface area contributed by atoms with Crippen LogP contribution < -0.4 is 10.5 Å². The zero-order valence-corrected chi connectivity index (χ0v) is 10.9. The Labute approximate surface area is 103 Å². The maximum Gasteiger partial charge on any atom is 0.279 e. The average molecular weight is 257 g/mol. The third kappa shape index (κ3) is 4.43.